The van der Waals surface area contributed by atoms with E-state index in [1.165, 1.54) is 6.33 Å². The van der Waals surface area contributed by atoms with Crippen LogP contribution in [0.4, 0.5) is 5.82 Å². The molecule has 0 spiro atoms. The quantitative estimate of drug-likeness (QED) is 0.838. The summed E-state index contributed by atoms with van der Waals surface area (Å²) in [5.41, 5.74) is 2.02. The summed E-state index contributed by atoms with van der Waals surface area (Å²) in [5.74, 6) is 2.03. The lowest BCUT2D eigenvalue weighted by Gasteiger charge is -2.10. The molecule has 0 atom stereocenters. The summed E-state index contributed by atoms with van der Waals surface area (Å²) >= 11 is 0. The van der Waals surface area contributed by atoms with E-state index in [0.29, 0.717) is 11.6 Å². The van der Waals surface area contributed by atoms with Gasteiger partial charge in [-0.2, -0.15) is 5.10 Å². The van der Waals surface area contributed by atoms with Gasteiger partial charge in [0.25, 0.3) is 0 Å². The van der Waals surface area contributed by atoms with Crippen molar-refractivity contribution in [3.63, 3.8) is 0 Å². The maximum atomic E-state index is 4.46. The van der Waals surface area contributed by atoms with Crippen LogP contribution in [0.2, 0.25) is 0 Å². The molecule has 2 heterocycles. The van der Waals surface area contributed by atoms with Crippen LogP contribution in [0.15, 0.2) is 6.33 Å². The first-order valence-electron chi connectivity index (χ1n) is 5.67. The van der Waals surface area contributed by atoms with Crippen LogP contribution >= 0.6 is 0 Å². The molecule has 0 bridgehead atoms. The molecule has 0 unspecified atom stereocenters. The van der Waals surface area contributed by atoms with Gasteiger partial charge in [-0.1, -0.05) is 6.92 Å². The first kappa shape index (κ1) is 11.5. The molecule has 90 valence electrons. The molecular weight excluding hydrogens is 216 g/mol. The topological polar surface area (TPSA) is 79.4 Å². The van der Waals surface area contributed by atoms with Gasteiger partial charge in [0.1, 0.15) is 12.1 Å². The summed E-state index contributed by atoms with van der Waals surface area (Å²) < 4.78 is 0. The third-order valence-electron chi connectivity index (χ3n) is 2.56. The Morgan fingerprint density at radius 2 is 2.12 bits per heavy atom. The number of anilines is 1. The zero-order valence-corrected chi connectivity index (χ0v) is 10.3. The minimum absolute atomic E-state index is 0.573. The zero-order chi connectivity index (χ0) is 12.3. The van der Waals surface area contributed by atoms with E-state index in [0.717, 1.165) is 30.0 Å². The Balaban J connectivity index is 2.39. The molecule has 6 heteroatoms. The third-order valence-corrected chi connectivity index (χ3v) is 2.56. The van der Waals surface area contributed by atoms with Crippen molar-refractivity contribution in [3.8, 4) is 11.6 Å². The van der Waals surface area contributed by atoms with Gasteiger partial charge in [-0.3, -0.25) is 5.10 Å². The first-order valence-corrected chi connectivity index (χ1v) is 5.67. The molecule has 0 aromatic carbocycles. The molecule has 0 saturated carbocycles. The van der Waals surface area contributed by atoms with Crippen LogP contribution in [0.5, 0.6) is 0 Å². The molecule has 0 radical (unpaired) electrons. The fourth-order valence-corrected chi connectivity index (χ4v) is 1.46. The highest BCUT2D eigenvalue weighted by molar-refractivity contribution is 5.53. The van der Waals surface area contributed by atoms with E-state index < -0.39 is 0 Å². The number of aryl methyl sites for hydroxylation is 1. The number of H-pyrrole nitrogens is 1. The molecule has 0 fully saturated rings. The van der Waals surface area contributed by atoms with Gasteiger partial charge in [0.05, 0.1) is 0 Å². The maximum absolute atomic E-state index is 4.46. The number of hydrogen-bond donors (Lipinski definition) is 2. The summed E-state index contributed by atoms with van der Waals surface area (Å²) in [6, 6.07) is 0. The highest BCUT2D eigenvalue weighted by atomic mass is 15.2. The average molecular weight is 232 g/mol. The van der Waals surface area contributed by atoms with Crippen LogP contribution in [0.25, 0.3) is 11.6 Å². The van der Waals surface area contributed by atoms with Crippen molar-refractivity contribution in [2.24, 2.45) is 0 Å². The Bertz CT molecular complexity index is 491. The SMILES string of the molecule is CCCNc1nc(-c2ncn[nH]2)nc(C)c1C. The second-order valence-electron chi connectivity index (χ2n) is 3.87. The number of hydrogen-bond acceptors (Lipinski definition) is 5. The lowest BCUT2D eigenvalue weighted by atomic mass is 10.2. The van der Waals surface area contributed by atoms with Crippen molar-refractivity contribution in [2.75, 3.05) is 11.9 Å². The lowest BCUT2D eigenvalue weighted by Crippen LogP contribution is -2.07. The van der Waals surface area contributed by atoms with Gasteiger partial charge >= 0.3 is 0 Å². The number of nitrogens with one attached hydrogen (secondary N) is 2. The second kappa shape index (κ2) is 4.90. The minimum atomic E-state index is 0.573. The van der Waals surface area contributed by atoms with Crippen LogP contribution in [0.1, 0.15) is 24.6 Å². The number of rotatable bonds is 4. The van der Waals surface area contributed by atoms with Gasteiger partial charge in [0.2, 0.25) is 0 Å². The van der Waals surface area contributed by atoms with E-state index in [1.807, 2.05) is 13.8 Å². The predicted molar refractivity (Wildman–Crippen MR) is 65.7 cm³/mol. The molecular formula is C11H16N6. The number of aromatic nitrogens is 5. The van der Waals surface area contributed by atoms with Crippen LogP contribution in [0.3, 0.4) is 0 Å². The highest BCUT2D eigenvalue weighted by Gasteiger charge is 2.10. The molecule has 0 amide bonds. The Kier molecular flexibility index (Phi) is 3.32. The highest BCUT2D eigenvalue weighted by Crippen LogP contribution is 2.18. The fourth-order valence-electron chi connectivity index (χ4n) is 1.46. The third kappa shape index (κ3) is 2.41. The molecule has 2 aromatic heterocycles. The Morgan fingerprint density at radius 1 is 1.29 bits per heavy atom. The van der Waals surface area contributed by atoms with Crippen molar-refractivity contribution >= 4 is 5.82 Å². The van der Waals surface area contributed by atoms with Crippen LogP contribution < -0.4 is 5.32 Å². The van der Waals surface area contributed by atoms with E-state index in [2.05, 4.69) is 37.4 Å². The Morgan fingerprint density at radius 3 is 2.76 bits per heavy atom. The minimum Gasteiger partial charge on any atom is -0.370 e. The Labute approximate surface area is 99.9 Å². The normalized spacial score (nSPS) is 10.5. The smallest absolute Gasteiger partial charge is 0.199 e. The number of aromatic amines is 1. The molecule has 0 aliphatic rings. The van der Waals surface area contributed by atoms with Gasteiger partial charge in [0.15, 0.2) is 11.6 Å². The number of nitrogens with zero attached hydrogens (tertiary/aromatic N) is 4. The van der Waals surface area contributed by atoms with E-state index in [-0.39, 0.29) is 0 Å². The van der Waals surface area contributed by atoms with E-state index in [4.69, 9.17) is 0 Å². The van der Waals surface area contributed by atoms with E-state index >= 15 is 0 Å². The van der Waals surface area contributed by atoms with Gasteiger partial charge < -0.3 is 5.32 Å². The summed E-state index contributed by atoms with van der Waals surface area (Å²) in [7, 11) is 0. The fraction of sp³-hybridized carbons (Fsp3) is 0.455. The molecule has 17 heavy (non-hydrogen) atoms. The Hall–Kier alpha value is -1.98. The van der Waals surface area contributed by atoms with E-state index in [9.17, 15) is 0 Å². The molecule has 0 aliphatic heterocycles. The van der Waals surface area contributed by atoms with Crippen LogP contribution in [-0.4, -0.2) is 31.7 Å². The first-order chi connectivity index (χ1) is 8.22. The molecule has 6 nitrogen and oxygen atoms in total. The van der Waals surface area contributed by atoms with Crippen molar-refractivity contribution in [2.45, 2.75) is 27.2 Å². The standard InChI is InChI=1S/C11H16N6/c1-4-5-12-9-7(2)8(3)15-11(16-9)10-13-6-14-17-10/h6H,4-5H2,1-3H3,(H,12,15,16)(H,13,14,17). The molecule has 0 saturated heterocycles. The van der Waals surface area contributed by atoms with Crippen molar-refractivity contribution in [1.29, 1.82) is 0 Å². The summed E-state index contributed by atoms with van der Waals surface area (Å²) in [6.45, 7) is 6.99. The van der Waals surface area contributed by atoms with Gasteiger partial charge in [0, 0.05) is 17.8 Å². The van der Waals surface area contributed by atoms with Crippen molar-refractivity contribution < 1.29 is 0 Å². The molecule has 2 N–H and O–H groups in total. The van der Waals surface area contributed by atoms with E-state index in [1.54, 1.807) is 0 Å². The molecule has 2 aromatic rings. The maximum Gasteiger partial charge on any atom is 0.199 e. The predicted octanol–water partition coefficient (Wildman–Crippen LogP) is 1.70. The largest absolute Gasteiger partial charge is 0.370 e. The van der Waals surface area contributed by atoms with Gasteiger partial charge in [-0.25, -0.2) is 15.0 Å². The van der Waals surface area contributed by atoms with Gasteiger partial charge in [-0.15, -0.1) is 0 Å². The summed E-state index contributed by atoms with van der Waals surface area (Å²) in [4.78, 5) is 12.9. The van der Waals surface area contributed by atoms with Gasteiger partial charge in [-0.05, 0) is 20.3 Å². The monoisotopic (exact) mass is 232 g/mol. The lowest BCUT2D eigenvalue weighted by molar-refractivity contribution is 0.950. The molecule has 0 aliphatic carbocycles. The zero-order valence-electron chi connectivity index (χ0n) is 10.3. The average Bonchev–Trinajstić information content (AvgIpc) is 2.84. The van der Waals surface area contributed by atoms with Crippen LogP contribution in [-0.2, 0) is 0 Å². The molecule has 2 rings (SSSR count). The van der Waals surface area contributed by atoms with Crippen LogP contribution in [0, 0.1) is 13.8 Å². The van der Waals surface area contributed by atoms with Crippen molar-refractivity contribution in [3.05, 3.63) is 17.6 Å². The summed E-state index contributed by atoms with van der Waals surface area (Å²) in [5, 5.41) is 9.87. The second-order valence-corrected chi connectivity index (χ2v) is 3.87. The van der Waals surface area contributed by atoms with Crippen molar-refractivity contribution in [1.82, 2.24) is 25.1 Å². The summed E-state index contributed by atoms with van der Waals surface area (Å²) in [6.07, 6.45) is 2.51.